The Morgan fingerprint density at radius 3 is 2.83 bits per heavy atom. The van der Waals surface area contributed by atoms with Gasteiger partial charge in [0, 0.05) is 0 Å². The van der Waals surface area contributed by atoms with Crippen molar-refractivity contribution in [1.29, 1.82) is 5.26 Å². The number of nitrogens with zero attached hydrogens (tertiary/aromatic N) is 1. The lowest BCUT2D eigenvalue weighted by Gasteiger charge is -2.02. The van der Waals surface area contributed by atoms with E-state index in [2.05, 4.69) is 0 Å². The van der Waals surface area contributed by atoms with Gasteiger partial charge in [-0.3, -0.25) is 0 Å². The second-order valence-corrected chi connectivity index (χ2v) is 2.93. The molecule has 0 amide bonds. The standard InChI is InChI=1S/C9H8FNS/c1-2-7-4-3-5-9(12-10)8(7)6-11/h3-5H,2H2,1H3. The average Bonchev–Trinajstić information content (AvgIpc) is 2.16. The smallest absolute Gasteiger partial charge is 0.101 e. The minimum absolute atomic E-state index is 0.127. The Balaban J connectivity index is 3.25. The largest absolute Gasteiger partial charge is 0.192 e. The highest BCUT2D eigenvalue weighted by atomic mass is 32.2. The number of rotatable bonds is 2. The van der Waals surface area contributed by atoms with Gasteiger partial charge in [-0.25, -0.2) is 0 Å². The van der Waals surface area contributed by atoms with Crippen molar-refractivity contribution in [3.63, 3.8) is 0 Å². The molecule has 3 heteroatoms. The van der Waals surface area contributed by atoms with Crippen molar-refractivity contribution in [3.8, 4) is 6.07 Å². The van der Waals surface area contributed by atoms with Crippen LogP contribution in [0.4, 0.5) is 3.89 Å². The predicted molar refractivity (Wildman–Crippen MR) is 47.5 cm³/mol. The summed E-state index contributed by atoms with van der Waals surface area (Å²) in [5.41, 5.74) is 1.37. The number of halogens is 1. The van der Waals surface area contributed by atoms with Crippen molar-refractivity contribution in [2.24, 2.45) is 0 Å². The SMILES string of the molecule is CCc1cccc(SF)c1C#N. The van der Waals surface area contributed by atoms with Gasteiger partial charge in [0.1, 0.15) is 6.07 Å². The highest BCUT2D eigenvalue weighted by Gasteiger charge is 2.06. The summed E-state index contributed by atoms with van der Waals surface area (Å²) in [4.78, 5) is 0.414. The maximum absolute atomic E-state index is 12.3. The Bertz CT molecular complexity index is 295. The van der Waals surface area contributed by atoms with E-state index in [4.69, 9.17) is 5.26 Å². The Labute approximate surface area is 75.5 Å². The molecule has 0 atom stereocenters. The minimum atomic E-state index is 0.127. The third-order valence-corrected chi connectivity index (χ3v) is 2.19. The molecule has 1 aromatic rings. The Kier molecular flexibility index (Phi) is 3.12. The van der Waals surface area contributed by atoms with Crippen LogP contribution in [0.25, 0.3) is 0 Å². The number of aryl methyl sites for hydroxylation is 1. The van der Waals surface area contributed by atoms with Crippen molar-refractivity contribution in [2.75, 3.05) is 0 Å². The average molecular weight is 181 g/mol. The van der Waals surface area contributed by atoms with E-state index in [1.165, 1.54) is 0 Å². The molecule has 0 aliphatic rings. The first-order valence-corrected chi connectivity index (χ1v) is 4.35. The summed E-state index contributed by atoms with van der Waals surface area (Å²) in [6.45, 7) is 1.95. The number of nitriles is 1. The fourth-order valence-electron chi connectivity index (χ4n) is 1.06. The zero-order chi connectivity index (χ0) is 8.97. The predicted octanol–water partition coefficient (Wildman–Crippen LogP) is 3.10. The molecule has 0 aliphatic carbocycles. The van der Waals surface area contributed by atoms with Crippen LogP contribution in [0.15, 0.2) is 23.1 Å². The lowest BCUT2D eigenvalue weighted by atomic mass is 10.1. The molecule has 0 saturated heterocycles. The molecule has 0 N–H and O–H groups in total. The van der Waals surface area contributed by atoms with Gasteiger partial charge in [-0.05, 0) is 18.1 Å². The molecule has 62 valence electrons. The van der Waals surface area contributed by atoms with Gasteiger partial charge in [0.25, 0.3) is 0 Å². The summed E-state index contributed by atoms with van der Waals surface area (Å²) < 4.78 is 12.3. The zero-order valence-corrected chi connectivity index (χ0v) is 7.49. The Hall–Kier alpha value is -1.01. The first-order valence-electron chi connectivity index (χ1n) is 3.64. The van der Waals surface area contributed by atoms with E-state index in [0.29, 0.717) is 10.5 Å². The topological polar surface area (TPSA) is 23.8 Å². The summed E-state index contributed by atoms with van der Waals surface area (Å²) in [6.07, 6.45) is 0.761. The summed E-state index contributed by atoms with van der Waals surface area (Å²) in [7, 11) is 0. The van der Waals surface area contributed by atoms with E-state index in [0.717, 1.165) is 12.0 Å². The molecule has 0 spiro atoms. The minimum Gasteiger partial charge on any atom is -0.192 e. The van der Waals surface area contributed by atoms with Crippen molar-refractivity contribution in [2.45, 2.75) is 18.2 Å². The van der Waals surface area contributed by atoms with Gasteiger partial charge >= 0.3 is 0 Å². The molecular formula is C9H8FNS. The van der Waals surface area contributed by atoms with Crippen LogP contribution in [-0.4, -0.2) is 0 Å². The molecule has 0 radical (unpaired) electrons. The van der Waals surface area contributed by atoms with Crippen molar-refractivity contribution in [3.05, 3.63) is 29.3 Å². The number of hydrogen-bond donors (Lipinski definition) is 0. The first kappa shape index (κ1) is 9.08. The molecule has 0 bridgehead atoms. The van der Waals surface area contributed by atoms with E-state index >= 15 is 0 Å². The fourth-order valence-corrected chi connectivity index (χ4v) is 1.45. The molecule has 1 nitrogen and oxygen atoms in total. The number of benzene rings is 1. The molecule has 0 fully saturated rings. The fraction of sp³-hybridized carbons (Fsp3) is 0.222. The van der Waals surface area contributed by atoms with Gasteiger partial charge in [0.2, 0.25) is 0 Å². The molecule has 0 aromatic heterocycles. The Morgan fingerprint density at radius 2 is 2.33 bits per heavy atom. The van der Waals surface area contributed by atoms with E-state index in [1.807, 2.05) is 19.1 Å². The van der Waals surface area contributed by atoms with Crippen LogP contribution >= 0.6 is 12.1 Å². The van der Waals surface area contributed by atoms with E-state index < -0.39 is 0 Å². The summed E-state index contributed by atoms with van der Waals surface area (Å²) in [6, 6.07) is 7.23. The lowest BCUT2D eigenvalue weighted by Crippen LogP contribution is -1.88. The van der Waals surface area contributed by atoms with Crippen molar-refractivity contribution in [1.82, 2.24) is 0 Å². The molecule has 0 unspecified atom stereocenters. The van der Waals surface area contributed by atoms with Gasteiger partial charge in [-0.15, -0.1) is 0 Å². The first-order chi connectivity index (χ1) is 5.83. The normalized spacial score (nSPS) is 9.42. The van der Waals surface area contributed by atoms with Crippen LogP contribution in [0, 0.1) is 11.3 Å². The highest BCUT2D eigenvalue weighted by Crippen LogP contribution is 2.25. The maximum Gasteiger partial charge on any atom is 0.101 e. The molecule has 12 heavy (non-hydrogen) atoms. The maximum atomic E-state index is 12.3. The third-order valence-electron chi connectivity index (χ3n) is 1.69. The van der Waals surface area contributed by atoms with Gasteiger partial charge in [-0.1, -0.05) is 19.1 Å². The van der Waals surface area contributed by atoms with E-state index in [-0.39, 0.29) is 12.1 Å². The monoisotopic (exact) mass is 181 g/mol. The van der Waals surface area contributed by atoms with Crippen LogP contribution in [0.1, 0.15) is 18.1 Å². The second kappa shape index (κ2) is 4.13. The molecule has 1 aromatic carbocycles. The van der Waals surface area contributed by atoms with Gasteiger partial charge < -0.3 is 0 Å². The van der Waals surface area contributed by atoms with Gasteiger partial charge in [0.05, 0.1) is 22.6 Å². The molecule has 1 rings (SSSR count). The van der Waals surface area contributed by atoms with Crippen molar-refractivity contribution >= 4 is 12.1 Å². The summed E-state index contributed by atoms with van der Waals surface area (Å²) in [5, 5.41) is 8.73. The van der Waals surface area contributed by atoms with Crippen LogP contribution in [0.3, 0.4) is 0 Å². The van der Waals surface area contributed by atoms with Crippen LogP contribution in [0.2, 0.25) is 0 Å². The zero-order valence-electron chi connectivity index (χ0n) is 6.67. The third kappa shape index (κ3) is 1.59. The lowest BCUT2D eigenvalue weighted by molar-refractivity contribution is 0.931. The number of hydrogen-bond acceptors (Lipinski definition) is 2. The molecule has 0 heterocycles. The van der Waals surface area contributed by atoms with Crippen LogP contribution in [-0.2, 0) is 6.42 Å². The Morgan fingerprint density at radius 1 is 1.58 bits per heavy atom. The summed E-state index contributed by atoms with van der Waals surface area (Å²) in [5.74, 6) is 0. The van der Waals surface area contributed by atoms with Crippen LogP contribution in [0.5, 0.6) is 0 Å². The molecular weight excluding hydrogens is 173 g/mol. The second-order valence-electron chi connectivity index (χ2n) is 2.33. The highest BCUT2D eigenvalue weighted by molar-refractivity contribution is 7.94. The van der Waals surface area contributed by atoms with Crippen LogP contribution < -0.4 is 0 Å². The van der Waals surface area contributed by atoms with Crippen molar-refractivity contribution < 1.29 is 3.89 Å². The van der Waals surface area contributed by atoms with E-state index in [1.54, 1.807) is 12.1 Å². The quantitative estimate of drug-likeness (QED) is 0.700. The van der Waals surface area contributed by atoms with E-state index in [9.17, 15) is 3.89 Å². The molecule has 0 saturated carbocycles. The molecule has 0 aliphatic heterocycles. The van der Waals surface area contributed by atoms with Gasteiger partial charge in [0.15, 0.2) is 0 Å². The summed E-state index contributed by atoms with van der Waals surface area (Å²) >= 11 is 0.127. The van der Waals surface area contributed by atoms with Gasteiger partial charge in [-0.2, -0.15) is 9.15 Å².